The first-order valence-corrected chi connectivity index (χ1v) is 5.15. The molecule has 1 aliphatic rings. The molecule has 0 aromatic carbocycles. The van der Waals surface area contributed by atoms with Gasteiger partial charge in [-0.25, -0.2) is 4.79 Å². The summed E-state index contributed by atoms with van der Waals surface area (Å²) >= 11 is 0. The summed E-state index contributed by atoms with van der Waals surface area (Å²) in [6.45, 7) is 3.60. The third-order valence-electron chi connectivity index (χ3n) is 2.07. The highest BCUT2D eigenvalue weighted by molar-refractivity contribution is 5.94. The Bertz CT molecular complexity index is 378. The minimum absolute atomic E-state index is 0.0401. The van der Waals surface area contributed by atoms with E-state index in [-0.39, 0.29) is 5.78 Å². The first-order chi connectivity index (χ1) is 7.63. The molecule has 1 N–H and O–H groups in total. The molecule has 0 fully saturated rings. The van der Waals surface area contributed by atoms with Crippen LogP contribution in [0.25, 0.3) is 0 Å². The van der Waals surface area contributed by atoms with E-state index >= 15 is 0 Å². The fourth-order valence-electron chi connectivity index (χ4n) is 1.26. The Morgan fingerprint density at radius 2 is 2.19 bits per heavy atom. The van der Waals surface area contributed by atoms with E-state index in [9.17, 15) is 9.59 Å². The summed E-state index contributed by atoms with van der Waals surface area (Å²) in [5.74, 6) is 0.0401. The van der Waals surface area contributed by atoms with E-state index in [4.69, 9.17) is 4.74 Å². The van der Waals surface area contributed by atoms with Gasteiger partial charge < -0.3 is 4.74 Å². The highest BCUT2D eigenvalue weighted by Gasteiger charge is 2.06. The number of carbonyl (C=O) groups excluding carboxylic acids is 2. The van der Waals surface area contributed by atoms with Gasteiger partial charge in [-0.1, -0.05) is 12.2 Å². The average molecular weight is 221 g/mol. The minimum atomic E-state index is -0.488. The van der Waals surface area contributed by atoms with Crippen LogP contribution in [0.1, 0.15) is 20.3 Å². The number of rotatable bonds is 3. The maximum Gasteiger partial charge on any atom is 0.411 e. The second-order valence-electron chi connectivity index (χ2n) is 3.32. The van der Waals surface area contributed by atoms with Gasteiger partial charge in [0.15, 0.2) is 5.78 Å². The van der Waals surface area contributed by atoms with Crippen molar-refractivity contribution in [3.8, 4) is 0 Å². The molecule has 0 saturated carbocycles. The molecule has 0 spiro atoms. The first kappa shape index (κ1) is 12.2. The molecule has 4 nitrogen and oxygen atoms in total. The molecule has 0 saturated heterocycles. The van der Waals surface area contributed by atoms with Crippen molar-refractivity contribution in [2.75, 3.05) is 6.61 Å². The number of hydrogen-bond acceptors (Lipinski definition) is 3. The van der Waals surface area contributed by atoms with Gasteiger partial charge in [0.05, 0.1) is 6.61 Å². The Labute approximate surface area is 94.7 Å². The molecular weight excluding hydrogens is 206 g/mol. The monoisotopic (exact) mass is 221 g/mol. The van der Waals surface area contributed by atoms with E-state index in [1.807, 2.05) is 6.08 Å². The Morgan fingerprint density at radius 1 is 1.44 bits per heavy atom. The minimum Gasteiger partial charge on any atom is -0.450 e. The number of alkyl carbamates (subject to hydrolysis) is 1. The van der Waals surface area contributed by atoms with Crippen molar-refractivity contribution >= 4 is 11.9 Å². The quantitative estimate of drug-likeness (QED) is 0.793. The maximum absolute atomic E-state index is 11.1. The van der Waals surface area contributed by atoms with Gasteiger partial charge in [0.25, 0.3) is 0 Å². The Hall–Kier alpha value is -1.84. The van der Waals surface area contributed by atoms with Crippen LogP contribution in [-0.2, 0) is 9.53 Å². The molecule has 0 bridgehead atoms. The Morgan fingerprint density at radius 3 is 2.81 bits per heavy atom. The number of ketones is 1. The van der Waals surface area contributed by atoms with E-state index in [0.717, 1.165) is 5.57 Å². The van der Waals surface area contributed by atoms with Crippen LogP contribution >= 0.6 is 0 Å². The van der Waals surface area contributed by atoms with Gasteiger partial charge in [0, 0.05) is 5.70 Å². The van der Waals surface area contributed by atoms with Crippen molar-refractivity contribution in [2.24, 2.45) is 0 Å². The summed E-state index contributed by atoms with van der Waals surface area (Å²) in [5, 5.41) is 2.58. The van der Waals surface area contributed by atoms with Crippen molar-refractivity contribution in [1.29, 1.82) is 0 Å². The molecule has 4 heteroatoms. The fraction of sp³-hybridized carbons (Fsp3) is 0.333. The van der Waals surface area contributed by atoms with Crippen LogP contribution in [0, 0.1) is 0 Å². The van der Waals surface area contributed by atoms with E-state index in [1.165, 1.54) is 6.92 Å². The smallest absolute Gasteiger partial charge is 0.411 e. The second-order valence-corrected chi connectivity index (χ2v) is 3.32. The lowest BCUT2D eigenvalue weighted by molar-refractivity contribution is -0.113. The molecule has 0 radical (unpaired) electrons. The summed E-state index contributed by atoms with van der Waals surface area (Å²) in [6.07, 6.45) is 7.08. The largest absolute Gasteiger partial charge is 0.450 e. The van der Waals surface area contributed by atoms with Crippen LogP contribution in [-0.4, -0.2) is 18.5 Å². The number of Topliss-reactive ketones (excluding diaryl/α,β-unsaturated/α-hetero) is 1. The first-order valence-electron chi connectivity index (χ1n) is 5.15. The molecule has 1 amide bonds. The van der Waals surface area contributed by atoms with Crippen LogP contribution in [0.2, 0.25) is 0 Å². The summed E-state index contributed by atoms with van der Waals surface area (Å²) in [4.78, 5) is 22.3. The number of carbonyl (C=O) groups is 2. The third-order valence-corrected chi connectivity index (χ3v) is 2.07. The SMILES string of the molecule is CCOC(=O)NC1=CC=C(C(C)=O)CC=C1. The van der Waals surface area contributed by atoms with E-state index in [0.29, 0.717) is 18.7 Å². The van der Waals surface area contributed by atoms with Crippen LogP contribution in [0.4, 0.5) is 4.79 Å². The molecule has 0 unspecified atom stereocenters. The zero-order chi connectivity index (χ0) is 12.0. The van der Waals surface area contributed by atoms with Gasteiger partial charge in [-0.2, -0.15) is 0 Å². The van der Waals surface area contributed by atoms with Crippen molar-refractivity contribution in [1.82, 2.24) is 5.32 Å². The predicted octanol–water partition coefficient (Wildman–Crippen LogP) is 2.09. The Balaban J connectivity index is 2.68. The molecule has 0 heterocycles. The van der Waals surface area contributed by atoms with Crippen molar-refractivity contribution in [2.45, 2.75) is 20.3 Å². The molecule has 0 aromatic heterocycles. The number of allylic oxidation sites excluding steroid dienone is 5. The van der Waals surface area contributed by atoms with Gasteiger partial charge in [-0.05, 0) is 38.0 Å². The molecule has 0 aromatic rings. The zero-order valence-corrected chi connectivity index (χ0v) is 9.45. The predicted molar refractivity (Wildman–Crippen MR) is 60.8 cm³/mol. The number of amides is 1. The maximum atomic E-state index is 11.1. The number of nitrogens with one attached hydrogen (secondary N) is 1. The van der Waals surface area contributed by atoms with E-state index in [2.05, 4.69) is 5.32 Å². The average Bonchev–Trinajstić information content (AvgIpc) is 2.43. The number of hydrogen-bond donors (Lipinski definition) is 1. The van der Waals surface area contributed by atoms with Gasteiger partial charge in [0.2, 0.25) is 0 Å². The van der Waals surface area contributed by atoms with Gasteiger partial charge >= 0.3 is 6.09 Å². The molecule has 86 valence electrons. The molecule has 1 aliphatic carbocycles. The summed E-state index contributed by atoms with van der Waals surface area (Å²) < 4.78 is 4.75. The van der Waals surface area contributed by atoms with Crippen LogP contribution in [0.15, 0.2) is 35.6 Å². The highest BCUT2D eigenvalue weighted by atomic mass is 16.5. The lowest BCUT2D eigenvalue weighted by atomic mass is 10.1. The standard InChI is InChI=1S/C12H15NO3/c1-3-16-12(15)13-11-6-4-5-10(7-8-11)9(2)14/h4,6-8H,3,5H2,1-2H3,(H,13,15). The molecule has 0 atom stereocenters. The van der Waals surface area contributed by atoms with Crippen LogP contribution in [0.5, 0.6) is 0 Å². The number of ether oxygens (including phenoxy) is 1. The van der Waals surface area contributed by atoms with Crippen molar-refractivity contribution < 1.29 is 14.3 Å². The van der Waals surface area contributed by atoms with Crippen molar-refractivity contribution in [3.63, 3.8) is 0 Å². The molecule has 16 heavy (non-hydrogen) atoms. The topological polar surface area (TPSA) is 55.4 Å². The van der Waals surface area contributed by atoms with Crippen molar-refractivity contribution in [3.05, 3.63) is 35.6 Å². The Kier molecular flexibility index (Phi) is 4.51. The third kappa shape index (κ3) is 3.73. The molecular formula is C12H15NO3. The van der Waals surface area contributed by atoms with E-state index < -0.39 is 6.09 Å². The lowest BCUT2D eigenvalue weighted by Gasteiger charge is -2.04. The zero-order valence-electron chi connectivity index (χ0n) is 9.45. The molecule has 0 aliphatic heterocycles. The fourth-order valence-corrected chi connectivity index (χ4v) is 1.26. The van der Waals surface area contributed by atoms with E-state index in [1.54, 1.807) is 25.2 Å². The highest BCUT2D eigenvalue weighted by Crippen LogP contribution is 2.10. The summed E-state index contributed by atoms with van der Waals surface area (Å²) in [6, 6.07) is 0. The summed E-state index contributed by atoms with van der Waals surface area (Å²) in [5.41, 5.74) is 1.34. The normalized spacial score (nSPS) is 14.6. The van der Waals surface area contributed by atoms with Gasteiger partial charge in [-0.3, -0.25) is 10.1 Å². The second kappa shape index (κ2) is 5.90. The van der Waals surface area contributed by atoms with Crippen LogP contribution < -0.4 is 5.32 Å². The molecule has 1 rings (SSSR count). The lowest BCUT2D eigenvalue weighted by Crippen LogP contribution is -2.22. The van der Waals surface area contributed by atoms with Gasteiger partial charge in [0.1, 0.15) is 0 Å². The van der Waals surface area contributed by atoms with Crippen LogP contribution in [0.3, 0.4) is 0 Å². The summed E-state index contributed by atoms with van der Waals surface area (Å²) in [7, 11) is 0. The van der Waals surface area contributed by atoms with Gasteiger partial charge in [-0.15, -0.1) is 0 Å².